The van der Waals surface area contributed by atoms with Crippen molar-refractivity contribution in [2.24, 2.45) is 40.6 Å². The van der Waals surface area contributed by atoms with Crippen molar-refractivity contribution in [3.05, 3.63) is 36.2 Å². The standard InChI is InChI=1S/C16H15N3O2/c20-15-13-9-3-4-10(12-6-11(9)12)14(13)16(21)19(15)18-7-8-2-1-5-17-8/h1-5,7,9-14,17H,6H2/b18-7+/t9-,10-,11-,12-,13-,14+/m1/s1. The maximum absolute atomic E-state index is 12.6. The summed E-state index contributed by atoms with van der Waals surface area (Å²) in [6.07, 6.45) is 8.85. The van der Waals surface area contributed by atoms with Gasteiger partial charge in [0.2, 0.25) is 0 Å². The quantitative estimate of drug-likeness (QED) is 0.506. The molecule has 5 aliphatic rings. The van der Waals surface area contributed by atoms with Crippen molar-refractivity contribution in [2.75, 3.05) is 0 Å². The Morgan fingerprint density at radius 2 is 1.81 bits per heavy atom. The van der Waals surface area contributed by atoms with E-state index in [1.165, 1.54) is 6.42 Å². The third-order valence-electron chi connectivity index (χ3n) is 5.57. The van der Waals surface area contributed by atoms with Gasteiger partial charge in [0.25, 0.3) is 11.8 Å². The van der Waals surface area contributed by atoms with Gasteiger partial charge in [0, 0.05) is 6.20 Å². The second kappa shape index (κ2) is 3.72. The molecule has 0 unspecified atom stereocenters. The first-order valence-electron chi connectivity index (χ1n) is 7.49. The predicted molar refractivity (Wildman–Crippen MR) is 74.9 cm³/mol. The maximum atomic E-state index is 12.6. The molecule has 4 aliphatic carbocycles. The number of carbonyl (C=O) groups excluding carboxylic acids is 2. The number of hydrazone groups is 1. The number of aromatic nitrogens is 1. The summed E-state index contributed by atoms with van der Waals surface area (Å²) in [5, 5.41) is 5.24. The highest BCUT2D eigenvalue weighted by Crippen LogP contribution is 2.65. The molecule has 0 radical (unpaired) electrons. The fourth-order valence-electron chi connectivity index (χ4n) is 4.60. The van der Waals surface area contributed by atoms with Gasteiger partial charge in [-0.05, 0) is 42.2 Å². The number of hydrogen-bond donors (Lipinski definition) is 1. The molecule has 21 heavy (non-hydrogen) atoms. The minimum atomic E-state index is -0.169. The summed E-state index contributed by atoms with van der Waals surface area (Å²) >= 11 is 0. The molecule has 5 heteroatoms. The topological polar surface area (TPSA) is 65.5 Å². The molecule has 0 aromatic carbocycles. The van der Waals surface area contributed by atoms with Crippen molar-refractivity contribution < 1.29 is 9.59 Å². The van der Waals surface area contributed by atoms with Crippen LogP contribution in [0.3, 0.4) is 0 Å². The van der Waals surface area contributed by atoms with E-state index < -0.39 is 0 Å². The van der Waals surface area contributed by atoms with Crippen molar-refractivity contribution in [3.63, 3.8) is 0 Å². The van der Waals surface area contributed by atoms with Gasteiger partial charge in [0.1, 0.15) is 0 Å². The number of allylic oxidation sites excluding steroid dienone is 2. The molecule has 1 aliphatic heterocycles. The van der Waals surface area contributed by atoms with E-state index in [1.54, 1.807) is 12.4 Å². The number of nitrogens with zero attached hydrogens (tertiary/aromatic N) is 2. The largest absolute Gasteiger partial charge is 0.360 e. The van der Waals surface area contributed by atoms with E-state index in [2.05, 4.69) is 22.2 Å². The Morgan fingerprint density at radius 3 is 2.38 bits per heavy atom. The molecular formula is C16H15N3O2. The average Bonchev–Trinajstić information content (AvgIpc) is 3.10. The van der Waals surface area contributed by atoms with E-state index in [4.69, 9.17) is 0 Å². The van der Waals surface area contributed by atoms with Gasteiger partial charge in [-0.25, -0.2) is 0 Å². The number of rotatable bonds is 2. The SMILES string of the molecule is O=C1[C@@H]2[C@@H]3C=C[C@H]([C@H]4C[C@H]34)[C@@H]2C(=O)N1/N=C/c1ccc[nH]1. The van der Waals surface area contributed by atoms with Crippen LogP contribution in [0.25, 0.3) is 0 Å². The molecule has 1 saturated heterocycles. The first kappa shape index (κ1) is 11.5. The van der Waals surface area contributed by atoms with Crippen LogP contribution in [0.5, 0.6) is 0 Å². The number of nitrogens with one attached hydrogen (secondary N) is 1. The molecule has 2 saturated carbocycles. The number of carbonyl (C=O) groups is 2. The summed E-state index contributed by atoms with van der Waals surface area (Å²) in [5.41, 5.74) is 0.786. The van der Waals surface area contributed by atoms with E-state index in [0.29, 0.717) is 11.8 Å². The third kappa shape index (κ3) is 1.38. The Balaban J connectivity index is 1.48. The molecule has 0 spiro atoms. The Hall–Kier alpha value is -2.17. The van der Waals surface area contributed by atoms with Gasteiger partial charge in [-0.1, -0.05) is 12.2 Å². The van der Waals surface area contributed by atoms with Crippen LogP contribution in [-0.2, 0) is 9.59 Å². The predicted octanol–water partition coefficient (Wildman–Crippen LogP) is 1.40. The molecule has 106 valence electrons. The number of aromatic amines is 1. The highest BCUT2D eigenvalue weighted by atomic mass is 16.2. The van der Waals surface area contributed by atoms with E-state index in [-0.39, 0.29) is 35.5 Å². The lowest BCUT2D eigenvalue weighted by Crippen LogP contribution is -2.40. The summed E-state index contributed by atoms with van der Waals surface area (Å²) in [6, 6.07) is 3.70. The smallest absolute Gasteiger partial charge is 0.254 e. The van der Waals surface area contributed by atoms with Gasteiger partial charge in [-0.3, -0.25) is 9.59 Å². The lowest BCUT2D eigenvalue weighted by Gasteiger charge is -2.37. The van der Waals surface area contributed by atoms with Crippen LogP contribution in [0, 0.1) is 35.5 Å². The van der Waals surface area contributed by atoms with Gasteiger partial charge in [0.05, 0.1) is 23.7 Å². The Morgan fingerprint density at radius 1 is 1.14 bits per heavy atom. The lowest BCUT2D eigenvalue weighted by atomic mass is 9.63. The van der Waals surface area contributed by atoms with Gasteiger partial charge >= 0.3 is 0 Å². The zero-order valence-electron chi connectivity index (χ0n) is 11.3. The van der Waals surface area contributed by atoms with Crippen molar-refractivity contribution >= 4 is 18.0 Å². The molecular weight excluding hydrogens is 266 g/mol. The van der Waals surface area contributed by atoms with Crippen molar-refractivity contribution in [2.45, 2.75) is 6.42 Å². The van der Waals surface area contributed by atoms with Crippen LogP contribution >= 0.6 is 0 Å². The van der Waals surface area contributed by atoms with Crippen LogP contribution in [0.2, 0.25) is 0 Å². The Labute approximate surface area is 121 Å². The van der Waals surface area contributed by atoms with Crippen LogP contribution in [0.15, 0.2) is 35.6 Å². The zero-order chi connectivity index (χ0) is 14.1. The Bertz CT molecular complexity index is 654. The highest BCUT2D eigenvalue weighted by molar-refractivity contribution is 6.06. The summed E-state index contributed by atoms with van der Waals surface area (Å²) in [7, 11) is 0. The second-order valence-electron chi connectivity index (χ2n) is 6.51. The number of amides is 2. The minimum Gasteiger partial charge on any atom is -0.360 e. The molecule has 2 amide bonds. The van der Waals surface area contributed by atoms with Gasteiger partial charge < -0.3 is 4.98 Å². The first-order chi connectivity index (χ1) is 10.3. The van der Waals surface area contributed by atoms with Gasteiger partial charge in [-0.2, -0.15) is 10.1 Å². The monoisotopic (exact) mass is 281 g/mol. The van der Waals surface area contributed by atoms with E-state index in [9.17, 15) is 9.59 Å². The highest BCUT2D eigenvalue weighted by Gasteiger charge is 2.67. The molecule has 1 N–H and O–H groups in total. The average molecular weight is 281 g/mol. The molecule has 1 aromatic rings. The van der Waals surface area contributed by atoms with E-state index in [0.717, 1.165) is 10.7 Å². The van der Waals surface area contributed by atoms with Crippen molar-refractivity contribution in [3.8, 4) is 0 Å². The molecule has 1 aromatic heterocycles. The van der Waals surface area contributed by atoms with Crippen LogP contribution in [-0.4, -0.2) is 28.0 Å². The zero-order valence-corrected chi connectivity index (χ0v) is 11.3. The van der Waals surface area contributed by atoms with E-state index >= 15 is 0 Å². The van der Waals surface area contributed by atoms with Crippen molar-refractivity contribution in [1.29, 1.82) is 0 Å². The fourth-order valence-corrected chi connectivity index (χ4v) is 4.60. The summed E-state index contributed by atoms with van der Waals surface area (Å²) < 4.78 is 0. The molecule has 6 rings (SSSR count). The molecule has 2 bridgehead atoms. The summed E-state index contributed by atoms with van der Waals surface area (Å²) in [6.45, 7) is 0. The molecule has 6 atom stereocenters. The normalized spacial score (nSPS) is 42.8. The Kier molecular flexibility index (Phi) is 2.04. The number of H-pyrrole nitrogens is 1. The molecule has 5 nitrogen and oxygen atoms in total. The fraction of sp³-hybridized carbons (Fsp3) is 0.438. The maximum Gasteiger partial charge on any atom is 0.254 e. The van der Waals surface area contributed by atoms with Gasteiger partial charge in [-0.15, -0.1) is 0 Å². The summed E-state index contributed by atoms with van der Waals surface area (Å²) in [5.74, 6) is 1.21. The minimum absolute atomic E-state index is 0.113. The van der Waals surface area contributed by atoms with Crippen LogP contribution in [0.4, 0.5) is 0 Å². The van der Waals surface area contributed by atoms with E-state index in [1.807, 2.05) is 12.1 Å². The van der Waals surface area contributed by atoms with Crippen LogP contribution < -0.4 is 0 Å². The van der Waals surface area contributed by atoms with Crippen molar-refractivity contribution in [1.82, 2.24) is 9.99 Å². The number of imide groups is 1. The summed E-state index contributed by atoms with van der Waals surface area (Å²) in [4.78, 5) is 28.2. The molecule has 3 fully saturated rings. The molecule has 2 heterocycles. The van der Waals surface area contributed by atoms with Crippen LogP contribution in [0.1, 0.15) is 12.1 Å². The van der Waals surface area contributed by atoms with Gasteiger partial charge in [0.15, 0.2) is 0 Å². The second-order valence-corrected chi connectivity index (χ2v) is 6.51. The third-order valence-corrected chi connectivity index (χ3v) is 5.57. The number of hydrogen-bond acceptors (Lipinski definition) is 3. The lowest BCUT2D eigenvalue weighted by molar-refractivity contribution is -0.140. The first-order valence-corrected chi connectivity index (χ1v) is 7.49.